The third-order valence-electron chi connectivity index (χ3n) is 7.27. The number of carbonyl (C=O) groups is 1. The fourth-order valence-corrected chi connectivity index (χ4v) is 5.22. The number of benzene rings is 3. The Morgan fingerprint density at radius 3 is 1.67 bits per heavy atom. The molecular weight excluding hydrogens is 990 g/mol. The average Bonchev–Trinajstić information content (AvgIpc) is 4.01. The number of nitrogens with zero attached hydrogens (tertiary/aromatic N) is 13. The summed E-state index contributed by atoms with van der Waals surface area (Å²) in [6, 6.07) is 23.5. The number of hydrogen-bond acceptors (Lipinski definition) is 17. The Bertz CT molecular complexity index is 2910. The molecule has 0 spiro atoms. The molecule has 0 bridgehead atoms. The van der Waals surface area contributed by atoms with E-state index in [-0.39, 0.29) is 144 Å². The second kappa shape index (κ2) is 27.3. The smallest absolute Gasteiger partial charge is 1.00 e. The van der Waals surface area contributed by atoms with Crippen LogP contribution in [0.5, 0.6) is 0 Å². The zero-order valence-electron chi connectivity index (χ0n) is 33.1. The molecule has 3 N–H and O–H groups in total. The number of nitro benzene ring substituents is 2. The van der Waals surface area contributed by atoms with Gasteiger partial charge >= 0.3 is 108 Å². The van der Waals surface area contributed by atoms with Crippen LogP contribution in [-0.4, -0.2) is 76.7 Å². The molecule has 0 atom stereocenters. The van der Waals surface area contributed by atoms with Gasteiger partial charge in [0.25, 0.3) is 12.2 Å². The van der Waals surface area contributed by atoms with Gasteiger partial charge in [0.1, 0.15) is 22.2 Å². The van der Waals surface area contributed by atoms with E-state index < -0.39 is 21.4 Å². The fourth-order valence-electron chi connectivity index (χ4n) is 4.73. The molecule has 0 saturated carbocycles. The van der Waals surface area contributed by atoms with Crippen LogP contribution in [0.25, 0.3) is 44.9 Å². The number of rotatable bonds is 5. The summed E-state index contributed by atoms with van der Waals surface area (Å²) in [6.07, 6.45) is 4.93. The molecule has 0 unspecified atom stereocenters. The van der Waals surface area contributed by atoms with Crippen LogP contribution in [0.15, 0.2) is 110 Å². The first-order chi connectivity index (χ1) is 28.9. The Kier molecular flexibility index (Phi) is 23.9. The Morgan fingerprint density at radius 2 is 1.16 bits per heavy atom. The molecule has 314 valence electrons. The number of nitrogens with two attached hydrogens (primary N) is 1. The normalized spacial score (nSPS) is 9.67. The number of nitrogens with one attached hydrogen (secondary N) is 1. The molecule has 3 aromatic carbocycles. The van der Waals surface area contributed by atoms with E-state index in [1.165, 1.54) is 28.9 Å². The van der Waals surface area contributed by atoms with Crippen molar-refractivity contribution in [2.75, 3.05) is 5.73 Å². The molecule has 0 amide bonds. The number of nitrogen functional groups attached to an aromatic ring is 1. The number of halogens is 4. The molecule has 9 aromatic rings. The number of H-pyrrole nitrogens is 1. The summed E-state index contributed by atoms with van der Waals surface area (Å²) in [5.74, 6) is -0.914. The van der Waals surface area contributed by atoms with Gasteiger partial charge in [-0.2, -0.15) is 14.7 Å². The van der Waals surface area contributed by atoms with Gasteiger partial charge in [0.2, 0.25) is 22.8 Å². The predicted molar refractivity (Wildman–Crippen MR) is 212 cm³/mol. The Labute approximate surface area is 464 Å². The average molecular weight is 1010 g/mol. The first-order valence-corrected chi connectivity index (χ1v) is 17.3. The maximum atomic E-state index is 12.6. The molecule has 0 radical (unpaired) electrons. The predicted octanol–water partition coefficient (Wildman–Crippen LogP) is -0.279. The van der Waals surface area contributed by atoms with E-state index in [1.807, 2.05) is 24.3 Å². The first kappa shape index (κ1) is 55.1. The standard InChI is InChI=1S/C11H6ClN5O2.C11H8ClN5.C6H3ClFNO2.C5H4N4.CH2O3.Fe.2K.H/c12-7-3-4-8(17(18)19)10(6-7)16-9-2-1-5-13-11(9)14-15-16;12-7-3-4-8(13)10(6-7)17-9-2-1-5-14-11(9)15-16-17;7-4-1-2-6(9(10)11)5(8)3-4;1-2-4-5(6-3-1)8-9-7-4;2-1-4-3;;;;/h1-6H;1-6H,13H2;1-3H;1-3H,(H,6,7,8,9);1,3H;;;;/q;;;;;;2*+1;-1/p-1. The SMILES string of the molecule is Nc1ccc(Cl)cc1-n1nnc2ncccc21.O=CO[O-].O=[N+]([O-])c1ccc(Cl)cc1-n1nnc2ncccc21.O=[N+]([O-])c1ccc(Cl)cc1F.[Fe].[H-].[K+].[K+].c1cnc2n[nH]nc2c1. The third kappa shape index (κ3) is 15.3. The number of nitro groups is 2. The minimum Gasteiger partial charge on any atom is -1.00 e. The van der Waals surface area contributed by atoms with Gasteiger partial charge in [0, 0.05) is 62.9 Å². The van der Waals surface area contributed by atoms with Crippen molar-refractivity contribution in [1.29, 1.82) is 0 Å². The minimum absolute atomic E-state index is 0. The van der Waals surface area contributed by atoms with Crippen molar-refractivity contribution in [3.8, 4) is 11.4 Å². The van der Waals surface area contributed by atoms with Crippen LogP contribution in [0.2, 0.25) is 15.1 Å². The van der Waals surface area contributed by atoms with Crippen LogP contribution in [-0.2, 0) is 26.8 Å². The van der Waals surface area contributed by atoms with E-state index in [4.69, 9.17) is 50.6 Å². The molecule has 63 heavy (non-hydrogen) atoms. The second-order valence-corrected chi connectivity index (χ2v) is 12.3. The van der Waals surface area contributed by atoms with E-state index in [2.05, 4.69) is 55.9 Å². The van der Waals surface area contributed by atoms with E-state index in [0.717, 1.165) is 23.2 Å². The molecule has 9 rings (SSSR count). The topological polar surface area (TPSA) is 303 Å². The Hall–Kier alpha value is -4.07. The van der Waals surface area contributed by atoms with Gasteiger partial charge in [-0.25, -0.2) is 24.3 Å². The number of aromatic nitrogens is 12. The minimum atomic E-state index is -0.914. The monoisotopic (exact) mass is 1010 g/mol. The van der Waals surface area contributed by atoms with Crippen LogP contribution in [0.3, 0.4) is 0 Å². The number of fused-ring (bicyclic) bond motifs is 3. The van der Waals surface area contributed by atoms with Crippen molar-refractivity contribution < 1.29 is 150 Å². The van der Waals surface area contributed by atoms with Crippen molar-refractivity contribution in [2.45, 2.75) is 0 Å². The van der Waals surface area contributed by atoms with Crippen LogP contribution >= 0.6 is 34.8 Å². The van der Waals surface area contributed by atoms with Gasteiger partial charge in [-0.3, -0.25) is 25.0 Å². The van der Waals surface area contributed by atoms with Crippen molar-refractivity contribution in [2.24, 2.45) is 0 Å². The number of pyridine rings is 3. The van der Waals surface area contributed by atoms with Gasteiger partial charge in [-0.05, 0) is 78.9 Å². The van der Waals surface area contributed by atoms with E-state index >= 15 is 0 Å². The van der Waals surface area contributed by atoms with Gasteiger partial charge < -0.3 is 17.3 Å². The molecule has 0 aliphatic rings. The molecule has 22 nitrogen and oxygen atoms in total. The first-order valence-electron chi connectivity index (χ1n) is 16.2. The van der Waals surface area contributed by atoms with E-state index in [1.54, 1.807) is 53.6 Å². The largest absolute Gasteiger partial charge is 1.00 e. The number of aromatic amines is 1. The fraction of sp³-hybridized carbons (Fsp3) is 0. The summed E-state index contributed by atoms with van der Waals surface area (Å²) >= 11 is 17.2. The zero-order valence-corrected chi connectivity index (χ0v) is 41.7. The number of hydrogen-bond donors (Lipinski definition) is 2. The van der Waals surface area contributed by atoms with Crippen LogP contribution < -0.4 is 114 Å². The van der Waals surface area contributed by atoms with Gasteiger partial charge in [-0.1, -0.05) is 45.2 Å². The van der Waals surface area contributed by atoms with Crippen molar-refractivity contribution in [3.05, 3.63) is 151 Å². The zero-order chi connectivity index (χ0) is 43.2. The van der Waals surface area contributed by atoms with E-state index in [9.17, 15) is 24.6 Å². The maximum Gasteiger partial charge on any atom is 1.00 e. The van der Waals surface area contributed by atoms with Gasteiger partial charge in [0.15, 0.2) is 0 Å². The Morgan fingerprint density at radius 1 is 0.698 bits per heavy atom. The summed E-state index contributed by atoms with van der Waals surface area (Å²) in [7, 11) is 0. The molecule has 29 heteroatoms. The van der Waals surface area contributed by atoms with Crippen LogP contribution in [0, 0.1) is 26.0 Å². The van der Waals surface area contributed by atoms with Crippen LogP contribution in [0.4, 0.5) is 21.5 Å². The second-order valence-electron chi connectivity index (χ2n) is 11.0. The molecule has 6 heterocycles. The number of anilines is 1. The molecule has 0 aliphatic heterocycles. The summed E-state index contributed by atoms with van der Waals surface area (Å²) < 4.78 is 15.6. The summed E-state index contributed by atoms with van der Waals surface area (Å²) in [5, 5.41) is 56.5. The molecule has 6 aromatic heterocycles. The van der Waals surface area contributed by atoms with Crippen molar-refractivity contribution in [1.82, 2.24) is 60.4 Å². The molecule has 0 fully saturated rings. The Balaban J connectivity index is 0.000000419. The van der Waals surface area contributed by atoms with Crippen molar-refractivity contribution in [3.63, 3.8) is 0 Å². The van der Waals surface area contributed by atoms with Crippen LogP contribution in [0.1, 0.15) is 1.43 Å². The van der Waals surface area contributed by atoms with Crippen molar-refractivity contribution >= 4 is 91.8 Å². The molecule has 0 aliphatic carbocycles. The number of carbonyl (C=O) groups excluding carboxylic acids is 1. The molecular formula is C34H23Cl3FFeK2N15O7. The summed E-state index contributed by atoms with van der Waals surface area (Å²) in [5.41, 5.74) is 10.6. The third-order valence-corrected chi connectivity index (χ3v) is 7.97. The molecule has 0 saturated heterocycles. The van der Waals surface area contributed by atoms with Gasteiger partial charge in [0.05, 0.1) is 21.2 Å². The quantitative estimate of drug-likeness (QED) is 0.0560. The van der Waals surface area contributed by atoms with E-state index in [0.29, 0.717) is 43.9 Å². The van der Waals surface area contributed by atoms with Gasteiger partial charge in [-0.15, -0.1) is 15.3 Å². The summed E-state index contributed by atoms with van der Waals surface area (Å²) in [4.78, 5) is 43.1. The summed E-state index contributed by atoms with van der Waals surface area (Å²) in [6.45, 7) is -0.181. The maximum absolute atomic E-state index is 12.6.